The molecule has 0 bridgehead atoms. The predicted molar refractivity (Wildman–Crippen MR) is 138 cm³/mol. The lowest BCUT2D eigenvalue weighted by atomic mass is 9.64. The van der Waals surface area contributed by atoms with E-state index in [1.54, 1.807) is 0 Å². The Labute approximate surface area is 210 Å². The van der Waals surface area contributed by atoms with Gasteiger partial charge >= 0.3 is 11.9 Å². The number of fused-ring (bicyclic) bond motifs is 1. The highest BCUT2D eigenvalue weighted by molar-refractivity contribution is 5.99. The fourth-order valence-corrected chi connectivity index (χ4v) is 5.75. The standard InChI is InChI=1S/C30H28N2O4/c1-30(2)25-16-19(31-11-3-12-31)6-9-22(25)27(23-10-7-20(17-26(23)30)32-13-4-14-32)24-15-18(28(33)34)5-8-21(24)29(35)36/h5-9,15-17,21H,3-4,11-14H2,1-2H3,(H-,33,34,35,36)/p+1. The number of aliphatic carboxylic acids is 2. The minimum Gasteiger partial charge on any atom is -0.481 e. The Morgan fingerprint density at radius 1 is 1.03 bits per heavy atom. The number of carbonyl (C=O) groups is 2. The van der Waals surface area contributed by atoms with Crippen LogP contribution in [0.3, 0.4) is 0 Å². The molecule has 3 aliphatic carbocycles. The lowest BCUT2D eigenvalue weighted by Crippen LogP contribution is -2.38. The Morgan fingerprint density at radius 2 is 1.75 bits per heavy atom. The van der Waals surface area contributed by atoms with Gasteiger partial charge in [0.1, 0.15) is 11.6 Å². The molecule has 6 heteroatoms. The van der Waals surface area contributed by atoms with Crippen molar-refractivity contribution in [1.82, 2.24) is 4.90 Å². The van der Waals surface area contributed by atoms with Gasteiger partial charge in [-0.1, -0.05) is 12.2 Å². The zero-order chi connectivity index (χ0) is 25.2. The second-order valence-electron chi connectivity index (χ2n) is 10.6. The first kappa shape index (κ1) is 22.6. The summed E-state index contributed by atoms with van der Waals surface area (Å²) < 4.78 is 0. The van der Waals surface area contributed by atoms with Gasteiger partial charge in [0.2, 0.25) is 0 Å². The number of rotatable bonds is 4. The highest BCUT2D eigenvalue weighted by atomic mass is 16.4. The number of benzene rings is 1. The van der Waals surface area contributed by atoms with E-state index in [-0.39, 0.29) is 11.0 Å². The molecule has 1 aromatic rings. The molecule has 2 heterocycles. The Kier molecular flexibility index (Phi) is 5.06. The van der Waals surface area contributed by atoms with E-state index in [2.05, 4.69) is 54.0 Å². The number of anilines is 1. The first-order valence-electron chi connectivity index (χ1n) is 12.6. The molecular weight excluding hydrogens is 452 g/mol. The van der Waals surface area contributed by atoms with Crippen LogP contribution in [0.25, 0.3) is 5.57 Å². The maximum Gasteiger partial charge on any atom is 0.335 e. The van der Waals surface area contributed by atoms with Gasteiger partial charge in [-0.25, -0.2) is 4.79 Å². The van der Waals surface area contributed by atoms with E-state index in [1.807, 2.05) is 6.08 Å². The monoisotopic (exact) mass is 481 g/mol. The van der Waals surface area contributed by atoms with Crippen LogP contribution in [0, 0.1) is 12.0 Å². The normalized spacial score (nSPS) is 25.7. The van der Waals surface area contributed by atoms with Crippen LogP contribution in [-0.2, 0) is 15.0 Å². The van der Waals surface area contributed by atoms with E-state index >= 15 is 0 Å². The van der Waals surface area contributed by atoms with Gasteiger partial charge in [-0.3, -0.25) is 4.79 Å². The Balaban J connectivity index is 1.64. The number of hydrogen-bond acceptors (Lipinski definition) is 4. The summed E-state index contributed by atoms with van der Waals surface area (Å²) in [6.07, 6.45) is 14.5. The molecule has 1 unspecified atom stereocenters. The van der Waals surface area contributed by atoms with Gasteiger partial charge < -0.3 is 20.0 Å². The SMILES string of the molecule is CC1(C)C2=C([C+]=CC(N3CCC3)=C2)C(=C2C=C(C(=O)O)C=CC2C(=O)O)c2ccc(N3CCC3)cc21. The molecule has 0 radical (unpaired) electrons. The number of carboxylic acids is 2. The highest BCUT2D eigenvalue weighted by Gasteiger charge is 2.46. The summed E-state index contributed by atoms with van der Waals surface area (Å²) in [5, 5.41) is 19.8. The molecule has 2 aliphatic heterocycles. The number of carboxylic acid groups (broad SMARTS) is 2. The zero-order valence-corrected chi connectivity index (χ0v) is 20.5. The van der Waals surface area contributed by atoms with E-state index < -0.39 is 17.9 Å². The van der Waals surface area contributed by atoms with Gasteiger partial charge in [0.25, 0.3) is 0 Å². The third-order valence-electron chi connectivity index (χ3n) is 8.15. The van der Waals surface area contributed by atoms with Gasteiger partial charge in [-0.05, 0) is 56.5 Å². The first-order valence-corrected chi connectivity index (χ1v) is 12.6. The van der Waals surface area contributed by atoms with Crippen molar-refractivity contribution in [3.05, 3.63) is 93.8 Å². The maximum atomic E-state index is 12.3. The molecule has 0 aromatic heterocycles. The second-order valence-corrected chi connectivity index (χ2v) is 10.6. The summed E-state index contributed by atoms with van der Waals surface area (Å²) >= 11 is 0. The van der Waals surface area contributed by atoms with E-state index in [1.165, 1.54) is 36.8 Å². The predicted octanol–water partition coefficient (Wildman–Crippen LogP) is 4.48. The minimum absolute atomic E-state index is 0.0809. The quantitative estimate of drug-likeness (QED) is 0.617. The molecule has 6 rings (SSSR count). The summed E-state index contributed by atoms with van der Waals surface area (Å²) in [6.45, 7) is 8.54. The van der Waals surface area contributed by atoms with Gasteiger partial charge in [0, 0.05) is 49.1 Å². The van der Waals surface area contributed by atoms with Crippen LogP contribution in [-0.4, -0.2) is 53.2 Å². The molecule has 1 aromatic carbocycles. The third kappa shape index (κ3) is 3.36. The molecule has 36 heavy (non-hydrogen) atoms. The number of allylic oxidation sites excluding steroid dienone is 7. The molecule has 5 aliphatic rings. The summed E-state index contributed by atoms with van der Waals surface area (Å²) in [6, 6.07) is 6.42. The van der Waals surface area contributed by atoms with Crippen molar-refractivity contribution in [1.29, 1.82) is 0 Å². The molecule has 2 N–H and O–H groups in total. The maximum absolute atomic E-state index is 12.3. The largest absolute Gasteiger partial charge is 0.481 e. The Morgan fingerprint density at radius 3 is 2.36 bits per heavy atom. The highest BCUT2D eigenvalue weighted by Crippen LogP contribution is 2.52. The van der Waals surface area contributed by atoms with E-state index in [9.17, 15) is 19.8 Å². The van der Waals surface area contributed by atoms with E-state index in [0.29, 0.717) is 5.57 Å². The molecule has 2 saturated heterocycles. The fraction of sp³-hybridized carbons (Fsp3) is 0.333. The van der Waals surface area contributed by atoms with Gasteiger partial charge in [-0.15, -0.1) is 0 Å². The zero-order valence-electron chi connectivity index (χ0n) is 20.5. The van der Waals surface area contributed by atoms with Gasteiger partial charge in [0.15, 0.2) is 5.57 Å². The van der Waals surface area contributed by atoms with Crippen LogP contribution in [0.5, 0.6) is 0 Å². The summed E-state index contributed by atoms with van der Waals surface area (Å²) in [7, 11) is 0. The fourth-order valence-electron chi connectivity index (χ4n) is 5.75. The third-order valence-corrected chi connectivity index (χ3v) is 8.15. The Bertz CT molecular complexity index is 1380. The minimum atomic E-state index is -1.07. The van der Waals surface area contributed by atoms with Crippen molar-refractivity contribution < 1.29 is 19.8 Å². The van der Waals surface area contributed by atoms with Gasteiger partial charge in [0.05, 0.1) is 34.3 Å². The van der Waals surface area contributed by atoms with Crippen LogP contribution in [0.2, 0.25) is 0 Å². The smallest absolute Gasteiger partial charge is 0.335 e. The van der Waals surface area contributed by atoms with Crippen LogP contribution < -0.4 is 4.90 Å². The Hall–Kier alpha value is -3.89. The van der Waals surface area contributed by atoms with E-state index in [0.717, 1.165) is 59.7 Å². The van der Waals surface area contributed by atoms with Crippen molar-refractivity contribution in [3.8, 4) is 0 Å². The number of hydrogen-bond donors (Lipinski definition) is 2. The van der Waals surface area contributed by atoms with Crippen molar-refractivity contribution in [2.24, 2.45) is 5.92 Å². The summed E-state index contributed by atoms with van der Waals surface area (Å²) in [5.74, 6) is -3.02. The molecule has 6 nitrogen and oxygen atoms in total. The van der Waals surface area contributed by atoms with Crippen LogP contribution >= 0.6 is 0 Å². The molecular formula is C30H29N2O4+. The average Bonchev–Trinajstić information content (AvgIpc) is 2.77. The molecule has 0 spiro atoms. The lowest BCUT2D eigenvalue weighted by molar-refractivity contribution is -0.139. The molecule has 2 fully saturated rings. The molecule has 0 amide bonds. The molecule has 0 saturated carbocycles. The summed E-state index contributed by atoms with van der Waals surface area (Å²) in [4.78, 5) is 28.9. The van der Waals surface area contributed by atoms with E-state index in [4.69, 9.17) is 0 Å². The first-order chi connectivity index (χ1) is 17.3. The molecule has 1 atom stereocenters. The van der Waals surface area contributed by atoms with Crippen molar-refractivity contribution in [3.63, 3.8) is 0 Å². The topological polar surface area (TPSA) is 81.1 Å². The van der Waals surface area contributed by atoms with Crippen molar-refractivity contribution in [2.75, 3.05) is 31.1 Å². The van der Waals surface area contributed by atoms with Crippen LogP contribution in [0.4, 0.5) is 5.69 Å². The van der Waals surface area contributed by atoms with Gasteiger partial charge in [-0.2, -0.15) is 0 Å². The number of nitrogens with zero attached hydrogens (tertiary/aromatic N) is 2. The second kappa shape index (κ2) is 8.07. The van der Waals surface area contributed by atoms with Crippen molar-refractivity contribution >= 4 is 23.2 Å². The summed E-state index contributed by atoms with van der Waals surface area (Å²) in [5.41, 5.74) is 7.31. The average molecular weight is 482 g/mol. The van der Waals surface area contributed by atoms with Crippen LogP contribution in [0.15, 0.2) is 76.6 Å². The molecule has 182 valence electrons. The van der Waals surface area contributed by atoms with Crippen molar-refractivity contribution in [2.45, 2.75) is 32.1 Å². The van der Waals surface area contributed by atoms with Crippen LogP contribution in [0.1, 0.15) is 37.8 Å². The lowest BCUT2D eigenvalue weighted by Gasteiger charge is -2.38. The number of likely N-dealkylation sites (tertiary alicyclic amines) is 1.